The average molecular weight is 277 g/mol. The summed E-state index contributed by atoms with van der Waals surface area (Å²) < 4.78 is 5.44. The first-order valence-electron chi connectivity index (χ1n) is 7.24. The number of hydrogen-bond acceptors (Lipinski definition) is 4. The molecule has 2 unspecified atom stereocenters. The van der Waals surface area contributed by atoms with Crippen molar-refractivity contribution < 1.29 is 9.53 Å². The molecule has 1 saturated heterocycles. The summed E-state index contributed by atoms with van der Waals surface area (Å²) in [5.41, 5.74) is 0.873. The van der Waals surface area contributed by atoms with Crippen LogP contribution in [0.25, 0.3) is 0 Å². The Morgan fingerprint density at radius 1 is 1.50 bits per heavy atom. The largest absolute Gasteiger partial charge is 0.379 e. The monoisotopic (exact) mass is 277 g/mol. The number of aromatic nitrogens is 1. The molecule has 0 radical (unpaired) electrons. The maximum Gasteiger partial charge on any atom is 0.227 e. The first kappa shape index (κ1) is 14.9. The van der Waals surface area contributed by atoms with E-state index in [1.807, 2.05) is 25.1 Å². The number of nitrogens with one attached hydrogen (secondary N) is 2. The fourth-order valence-corrected chi connectivity index (χ4v) is 2.37. The van der Waals surface area contributed by atoms with Crippen LogP contribution in [0.4, 0.5) is 0 Å². The number of ether oxygens (including phenoxy) is 1. The summed E-state index contributed by atoms with van der Waals surface area (Å²) in [6, 6.07) is 5.74. The van der Waals surface area contributed by atoms with Gasteiger partial charge in [-0.3, -0.25) is 9.78 Å². The zero-order chi connectivity index (χ0) is 14.4. The Morgan fingerprint density at radius 3 is 3.05 bits per heavy atom. The lowest BCUT2D eigenvalue weighted by molar-refractivity contribution is -0.126. The maximum atomic E-state index is 12.3. The smallest absolute Gasteiger partial charge is 0.227 e. The van der Waals surface area contributed by atoms with Gasteiger partial charge in [0.05, 0.1) is 30.9 Å². The molecule has 110 valence electrons. The molecule has 2 rings (SSSR count). The first-order chi connectivity index (χ1) is 9.72. The second kappa shape index (κ2) is 7.36. The fraction of sp³-hybridized carbons (Fsp3) is 0.600. The van der Waals surface area contributed by atoms with E-state index in [9.17, 15) is 4.79 Å². The molecule has 5 heteroatoms. The minimum atomic E-state index is -0.118. The van der Waals surface area contributed by atoms with E-state index in [-0.39, 0.29) is 23.9 Å². The number of hydrogen-bond donors (Lipinski definition) is 2. The van der Waals surface area contributed by atoms with E-state index in [0.29, 0.717) is 13.2 Å². The van der Waals surface area contributed by atoms with E-state index >= 15 is 0 Å². The van der Waals surface area contributed by atoms with Gasteiger partial charge in [0.1, 0.15) is 0 Å². The number of amides is 1. The van der Waals surface area contributed by atoms with Crippen molar-refractivity contribution in [2.24, 2.45) is 5.92 Å². The highest BCUT2D eigenvalue weighted by Gasteiger charge is 2.34. The summed E-state index contributed by atoms with van der Waals surface area (Å²) in [4.78, 5) is 16.6. The normalized spacial score (nSPS) is 23.5. The molecule has 2 N–H and O–H groups in total. The minimum absolute atomic E-state index is 0.0363. The molecule has 1 aromatic rings. The lowest BCUT2D eigenvalue weighted by atomic mass is 10.0. The van der Waals surface area contributed by atoms with Gasteiger partial charge in [0.15, 0.2) is 0 Å². The van der Waals surface area contributed by atoms with Crippen LogP contribution < -0.4 is 10.6 Å². The van der Waals surface area contributed by atoms with Crippen LogP contribution >= 0.6 is 0 Å². The summed E-state index contributed by atoms with van der Waals surface area (Å²) in [5, 5.41) is 6.40. The molecule has 0 saturated carbocycles. The van der Waals surface area contributed by atoms with Crippen molar-refractivity contribution in [3.05, 3.63) is 30.1 Å². The van der Waals surface area contributed by atoms with Crippen molar-refractivity contribution >= 4 is 5.91 Å². The van der Waals surface area contributed by atoms with Crippen LogP contribution in [-0.4, -0.2) is 36.7 Å². The van der Waals surface area contributed by atoms with Gasteiger partial charge in [-0.05, 0) is 32.0 Å². The number of rotatable bonds is 6. The van der Waals surface area contributed by atoms with Gasteiger partial charge in [0.25, 0.3) is 0 Å². The van der Waals surface area contributed by atoms with Crippen LogP contribution in [0, 0.1) is 5.92 Å². The second-order valence-corrected chi connectivity index (χ2v) is 5.19. The van der Waals surface area contributed by atoms with Crippen LogP contribution in [0.5, 0.6) is 0 Å². The Labute approximate surface area is 120 Å². The molecular formula is C15H23N3O2. The van der Waals surface area contributed by atoms with Crippen molar-refractivity contribution in [1.82, 2.24) is 15.6 Å². The van der Waals surface area contributed by atoms with Gasteiger partial charge in [-0.1, -0.05) is 13.0 Å². The molecule has 3 atom stereocenters. The van der Waals surface area contributed by atoms with Crippen LogP contribution in [0.1, 0.15) is 32.0 Å². The van der Waals surface area contributed by atoms with Crippen molar-refractivity contribution in [3.8, 4) is 0 Å². The average Bonchev–Trinajstić information content (AvgIpc) is 2.94. The molecule has 0 spiro atoms. The molecule has 20 heavy (non-hydrogen) atoms. The number of pyridine rings is 1. The predicted octanol–water partition coefficient (Wildman–Crippen LogP) is 1.27. The van der Waals surface area contributed by atoms with Gasteiger partial charge in [0, 0.05) is 12.2 Å². The Balaban J connectivity index is 1.90. The summed E-state index contributed by atoms with van der Waals surface area (Å²) in [6.07, 6.45) is 2.79. The molecule has 1 fully saturated rings. The van der Waals surface area contributed by atoms with Gasteiger partial charge in [-0.2, -0.15) is 0 Å². The third kappa shape index (κ3) is 3.77. The molecular weight excluding hydrogens is 254 g/mol. The van der Waals surface area contributed by atoms with E-state index in [0.717, 1.165) is 18.7 Å². The topological polar surface area (TPSA) is 63.2 Å². The Bertz CT molecular complexity index is 424. The molecule has 0 bridgehead atoms. The van der Waals surface area contributed by atoms with Gasteiger partial charge in [-0.15, -0.1) is 0 Å². The summed E-state index contributed by atoms with van der Waals surface area (Å²) in [5.74, 6) is -0.0815. The van der Waals surface area contributed by atoms with Gasteiger partial charge in [0.2, 0.25) is 5.91 Å². The van der Waals surface area contributed by atoms with Gasteiger partial charge >= 0.3 is 0 Å². The number of carbonyl (C=O) groups is 1. The Kier molecular flexibility index (Phi) is 5.49. The number of carbonyl (C=O) groups excluding carboxylic acids is 1. The standard InChI is InChI=1S/C15H23N3O2/c1-3-7-16-14-10-20-9-12(14)15(19)18-11(2)13-6-4-5-8-17-13/h4-6,8,11-12,14,16H,3,7,9-10H2,1-2H3,(H,18,19)/t11-,12?,14?/m0/s1. The molecule has 0 aromatic carbocycles. The van der Waals surface area contributed by atoms with E-state index in [4.69, 9.17) is 4.74 Å². The zero-order valence-electron chi connectivity index (χ0n) is 12.1. The van der Waals surface area contributed by atoms with Crippen LogP contribution in [0.2, 0.25) is 0 Å². The third-order valence-electron chi connectivity index (χ3n) is 3.56. The molecule has 5 nitrogen and oxygen atoms in total. The van der Waals surface area contributed by atoms with E-state index < -0.39 is 0 Å². The molecule has 1 amide bonds. The Morgan fingerprint density at radius 2 is 2.35 bits per heavy atom. The highest BCUT2D eigenvalue weighted by molar-refractivity contribution is 5.80. The summed E-state index contributed by atoms with van der Waals surface area (Å²) in [6.45, 7) is 6.07. The van der Waals surface area contributed by atoms with Crippen LogP contribution in [0.3, 0.4) is 0 Å². The first-order valence-corrected chi connectivity index (χ1v) is 7.24. The van der Waals surface area contributed by atoms with Gasteiger partial charge in [-0.25, -0.2) is 0 Å². The van der Waals surface area contributed by atoms with E-state index in [1.165, 1.54) is 0 Å². The quantitative estimate of drug-likeness (QED) is 0.822. The van der Waals surface area contributed by atoms with Gasteiger partial charge < -0.3 is 15.4 Å². The van der Waals surface area contributed by atoms with E-state index in [1.54, 1.807) is 6.20 Å². The minimum Gasteiger partial charge on any atom is -0.379 e. The summed E-state index contributed by atoms with van der Waals surface area (Å²) >= 11 is 0. The molecule has 2 heterocycles. The van der Waals surface area contributed by atoms with Crippen molar-refractivity contribution in [1.29, 1.82) is 0 Å². The van der Waals surface area contributed by atoms with E-state index in [2.05, 4.69) is 22.5 Å². The highest BCUT2D eigenvalue weighted by atomic mass is 16.5. The summed E-state index contributed by atoms with van der Waals surface area (Å²) in [7, 11) is 0. The Hall–Kier alpha value is -1.46. The molecule has 1 aromatic heterocycles. The maximum absolute atomic E-state index is 12.3. The zero-order valence-corrected chi connectivity index (χ0v) is 12.1. The predicted molar refractivity (Wildman–Crippen MR) is 77.2 cm³/mol. The fourth-order valence-electron chi connectivity index (χ4n) is 2.37. The lowest BCUT2D eigenvalue weighted by Gasteiger charge is -2.21. The molecule has 1 aliphatic rings. The highest BCUT2D eigenvalue weighted by Crippen LogP contribution is 2.16. The van der Waals surface area contributed by atoms with Crippen molar-refractivity contribution in [3.63, 3.8) is 0 Å². The van der Waals surface area contributed by atoms with Crippen LogP contribution in [-0.2, 0) is 9.53 Å². The SMILES string of the molecule is CCCNC1COCC1C(=O)N[C@@H](C)c1ccccn1. The van der Waals surface area contributed by atoms with Crippen molar-refractivity contribution in [2.75, 3.05) is 19.8 Å². The second-order valence-electron chi connectivity index (χ2n) is 5.19. The molecule has 0 aliphatic carbocycles. The van der Waals surface area contributed by atoms with Crippen molar-refractivity contribution in [2.45, 2.75) is 32.4 Å². The number of nitrogens with zero attached hydrogens (tertiary/aromatic N) is 1. The molecule has 1 aliphatic heterocycles. The lowest BCUT2D eigenvalue weighted by Crippen LogP contribution is -2.44. The third-order valence-corrected chi connectivity index (χ3v) is 3.56. The van der Waals surface area contributed by atoms with Crippen LogP contribution in [0.15, 0.2) is 24.4 Å².